The lowest BCUT2D eigenvalue weighted by atomic mass is 10.2. The molecule has 0 radical (unpaired) electrons. The van der Waals surface area contributed by atoms with Crippen molar-refractivity contribution in [3.05, 3.63) is 45.9 Å². The molecule has 0 atom stereocenters. The molecule has 0 saturated heterocycles. The fourth-order valence-corrected chi connectivity index (χ4v) is 3.10. The van der Waals surface area contributed by atoms with Gasteiger partial charge in [0.05, 0.1) is 12.1 Å². The molecule has 0 fully saturated rings. The Morgan fingerprint density at radius 1 is 1.08 bits per heavy atom. The molecule has 2 N–H and O–H groups in total. The summed E-state index contributed by atoms with van der Waals surface area (Å²) in [5, 5.41) is 20.2. The molecule has 2 aromatic carbocycles. The zero-order chi connectivity index (χ0) is 17.4. The number of halogens is 2. The molecule has 1 aliphatic rings. The summed E-state index contributed by atoms with van der Waals surface area (Å²) in [5.74, 6) is 1.19. The summed E-state index contributed by atoms with van der Waals surface area (Å²) in [6.45, 7) is 1.26. The number of nitrogens with one attached hydrogen (secondary N) is 1. The van der Waals surface area contributed by atoms with Crippen molar-refractivity contribution in [1.82, 2.24) is 4.98 Å². The van der Waals surface area contributed by atoms with Crippen molar-refractivity contribution in [1.29, 1.82) is 0 Å². The van der Waals surface area contributed by atoms with Gasteiger partial charge in [-0.2, -0.15) is 5.11 Å². The molecule has 6 nitrogen and oxygen atoms in total. The lowest BCUT2D eigenvalue weighted by molar-refractivity contribution is 0.172. The minimum atomic E-state index is -0.0664. The second kappa shape index (κ2) is 6.46. The van der Waals surface area contributed by atoms with Crippen molar-refractivity contribution < 1.29 is 14.6 Å². The minimum absolute atomic E-state index is 0.0664. The number of nitrogens with zero attached hydrogens (tertiary/aromatic N) is 2. The summed E-state index contributed by atoms with van der Waals surface area (Å²) >= 11 is 12.0. The smallest absolute Gasteiger partial charge is 0.218 e. The van der Waals surface area contributed by atoms with E-state index < -0.39 is 0 Å². The molecule has 0 spiro atoms. The summed E-state index contributed by atoms with van der Waals surface area (Å²) in [6, 6.07) is 8.74. The number of fused-ring (bicyclic) bond motifs is 2. The summed E-state index contributed by atoms with van der Waals surface area (Å²) in [5.41, 5.74) is 1.83. The van der Waals surface area contributed by atoms with E-state index in [1.807, 2.05) is 0 Å². The molecular weight excluding hydrogens is 365 g/mol. The van der Waals surface area contributed by atoms with Gasteiger partial charge in [0.2, 0.25) is 5.88 Å². The van der Waals surface area contributed by atoms with Crippen LogP contribution in [0.25, 0.3) is 10.9 Å². The van der Waals surface area contributed by atoms with Crippen molar-refractivity contribution in [3.8, 4) is 17.4 Å². The maximum absolute atomic E-state index is 10.1. The van der Waals surface area contributed by atoms with Gasteiger partial charge >= 0.3 is 0 Å². The lowest BCUT2D eigenvalue weighted by Crippen LogP contribution is -2.15. The number of benzene rings is 2. The van der Waals surface area contributed by atoms with Crippen molar-refractivity contribution in [2.45, 2.75) is 6.54 Å². The van der Waals surface area contributed by atoms with E-state index in [0.717, 1.165) is 5.56 Å². The van der Waals surface area contributed by atoms with Crippen LogP contribution >= 0.6 is 23.2 Å². The van der Waals surface area contributed by atoms with Crippen molar-refractivity contribution in [2.75, 3.05) is 13.2 Å². The summed E-state index contributed by atoms with van der Waals surface area (Å²) < 4.78 is 11.1. The van der Waals surface area contributed by atoms with Gasteiger partial charge in [-0.05, 0) is 23.8 Å². The number of aromatic hydroxyl groups is 1. The number of rotatable bonds is 3. The van der Waals surface area contributed by atoms with Crippen LogP contribution in [0.2, 0.25) is 10.0 Å². The zero-order valence-corrected chi connectivity index (χ0v) is 14.4. The highest BCUT2D eigenvalue weighted by Crippen LogP contribution is 2.42. The molecule has 1 aliphatic heterocycles. The van der Waals surface area contributed by atoms with Gasteiger partial charge in [-0.3, -0.25) is 0 Å². The Morgan fingerprint density at radius 3 is 2.60 bits per heavy atom. The molecule has 0 saturated carbocycles. The Balaban J connectivity index is 1.65. The number of hydrogen-bond donors (Lipinski definition) is 2. The van der Waals surface area contributed by atoms with Gasteiger partial charge in [0.25, 0.3) is 0 Å². The Hall–Kier alpha value is -2.44. The molecule has 1 aromatic heterocycles. The Kier molecular flexibility index (Phi) is 4.15. The van der Waals surface area contributed by atoms with Gasteiger partial charge in [0.15, 0.2) is 17.2 Å². The number of aromatic amines is 1. The first-order chi connectivity index (χ1) is 12.1. The van der Waals surface area contributed by atoms with Crippen LogP contribution in [0, 0.1) is 0 Å². The Morgan fingerprint density at radius 2 is 1.84 bits per heavy atom. The fourth-order valence-electron chi connectivity index (χ4n) is 2.64. The van der Waals surface area contributed by atoms with Crippen molar-refractivity contribution in [2.24, 2.45) is 10.2 Å². The Bertz CT molecular complexity index is 985. The summed E-state index contributed by atoms with van der Waals surface area (Å²) in [6.07, 6.45) is 0. The van der Waals surface area contributed by atoms with Gasteiger partial charge < -0.3 is 19.6 Å². The van der Waals surface area contributed by atoms with Crippen molar-refractivity contribution >= 4 is 39.8 Å². The molecule has 0 amide bonds. The van der Waals surface area contributed by atoms with Crippen LogP contribution in [0.5, 0.6) is 17.4 Å². The number of hydrogen-bond acceptors (Lipinski definition) is 5. The molecule has 0 unspecified atom stereocenters. The maximum Gasteiger partial charge on any atom is 0.218 e. The number of aromatic nitrogens is 1. The van der Waals surface area contributed by atoms with E-state index in [2.05, 4.69) is 15.2 Å². The molecule has 4 rings (SSSR count). The van der Waals surface area contributed by atoms with E-state index in [9.17, 15) is 5.11 Å². The predicted octanol–water partition coefficient (Wildman–Crippen LogP) is 5.24. The van der Waals surface area contributed by atoms with Gasteiger partial charge in [0, 0.05) is 21.5 Å². The van der Waals surface area contributed by atoms with Gasteiger partial charge in [0.1, 0.15) is 13.2 Å². The molecule has 3 aromatic rings. The first kappa shape index (κ1) is 16.1. The van der Waals surface area contributed by atoms with Crippen LogP contribution in [-0.4, -0.2) is 23.3 Å². The standard InChI is InChI=1S/C17H13Cl2N3O3/c18-10-2-1-9(12(19)5-10)8-20-22-16-11-6-14-15(25-4-3-24-14)7-13(11)21-17(16)23/h1-2,5-7,21,23H,3-4,8H2. The third kappa shape index (κ3) is 3.10. The summed E-state index contributed by atoms with van der Waals surface area (Å²) in [4.78, 5) is 2.87. The fraction of sp³-hybridized carbons (Fsp3) is 0.176. The number of azo groups is 1. The first-order valence-corrected chi connectivity index (χ1v) is 8.33. The third-order valence-electron chi connectivity index (χ3n) is 3.84. The molecule has 25 heavy (non-hydrogen) atoms. The highest BCUT2D eigenvalue weighted by atomic mass is 35.5. The number of ether oxygens (including phenoxy) is 2. The van der Waals surface area contributed by atoms with Crippen LogP contribution < -0.4 is 9.47 Å². The van der Waals surface area contributed by atoms with Crippen molar-refractivity contribution in [3.63, 3.8) is 0 Å². The molecular formula is C17H13Cl2N3O3. The second-order valence-electron chi connectivity index (χ2n) is 5.50. The van der Waals surface area contributed by atoms with E-state index in [1.54, 1.807) is 30.3 Å². The molecule has 128 valence electrons. The zero-order valence-electron chi connectivity index (χ0n) is 12.9. The van der Waals surface area contributed by atoms with Crippen LogP contribution in [-0.2, 0) is 6.54 Å². The average Bonchev–Trinajstić information content (AvgIpc) is 2.89. The number of H-pyrrole nitrogens is 1. The SMILES string of the molecule is Oc1[nH]c2cc3c(cc2c1N=NCc1ccc(Cl)cc1Cl)OCCO3. The van der Waals surface area contributed by atoms with E-state index in [4.69, 9.17) is 32.7 Å². The minimum Gasteiger partial charge on any atom is -0.493 e. The van der Waals surface area contributed by atoms with E-state index in [0.29, 0.717) is 51.3 Å². The highest BCUT2D eigenvalue weighted by Gasteiger charge is 2.18. The predicted molar refractivity (Wildman–Crippen MR) is 95.6 cm³/mol. The van der Waals surface area contributed by atoms with Gasteiger partial charge in [-0.25, -0.2) is 0 Å². The lowest BCUT2D eigenvalue weighted by Gasteiger charge is -2.18. The third-order valence-corrected chi connectivity index (χ3v) is 4.43. The topological polar surface area (TPSA) is 79.2 Å². The molecule has 8 heteroatoms. The summed E-state index contributed by atoms with van der Waals surface area (Å²) in [7, 11) is 0. The molecule has 0 aliphatic carbocycles. The monoisotopic (exact) mass is 377 g/mol. The van der Waals surface area contributed by atoms with Gasteiger partial charge in [-0.15, -0.1) is 5.11 Å². The normalized spacial score (nSPS) is 13.7. The van der Waals surface area contributed by atoms with Gasteiger partial charge in [-0.1, -0.05) is 29.3 Å². The van der Waals surface area contributed by atoms with Crippen LogP contribution in [0.4, 0.5) is 5.69 Å². The second-order valence-corrected chi connectivity index (χ2v) is 6.34. The largest absolute Gasteiger partial charge is 0.493 e. The van der Waals surface area contributed by atoms with E-state index in [-0.39, 0.29) is 12.4 Å². The highest BCUT2D eigenvalue weighted by molar-refractivity contribution is 6.35. The van der Waals surface area contributed by atoms with E-state index in [1.165, 1.54) is 0 Å². The quantitative estimate of drug-likeness (QED) is 0.612. The molecule has 0 bridgehead atoms. The van der Waals surface area contributed by atoms with Crippen LogP contribution in [0.15, 0.2) is 40.6 Å². The van der Waals surface area contributed by atoms with Crippen LogP contribution in [0.3, 0.4) is 0 Å². The Labute approximate surface area is 153 Å². The van der Waals surface area contributed by atoms with Crippen LogP contribution in [0.1, 0.15) is 5.56 Å². The van der Waals surface area contributed by atoms with E-state index >= 15 is 0 Å². The first-order valence-electron chi connectivity index (χ1n) is 7.57. The maximum atomic E-state index is 10.1. The molecule has 2 heterocycles. The average molecular weight is 378 g/mol.